The normalized spacial score (nSPS) is 9.27. The van der Waals surface area contributed by atoms with E-state index >= 15 is 0 Å². The third-order valence-corrected chi connectivity index (χ3v) is 1.69. The highest BCUT2D eigenvalue weighted by Gasteiger charge is 1.98. The van der Waals surface area contributed by atoms with E-state index in [4.69, 9.17) is 0 Å². The van der Waals surface area contributed by atoms with E-state index in [-0.39, 0.29) is 0 Å². The number of nitrogens with one attached hydrogen (secondary N) is 1. The number of aromatic nitrogens is 1. The summed E-state index contributed by atoms with van der Waals surface area (Å²) in [4.78, 5) is 7.77. The van der Waals surface area contributed by atoms with E-state index in [0.717, 1.165) is 10.2 Å². The molecule has 0 amide bonds. The van der Waals surface area contributed by atoms with Crippen LogP contribution in [0.2, 0.25) is 0 Å². The number of hydrogen-bond donors (Lipinski definition) is 1. The predicted molar refractivity (Wildman–Crippen MR) is 50.7 cm³/mol. The summed E-state index contributed by atoms with van der Waals surface area (Å²) >= 11 is 3.30. The van der Waals surface area contributed by atoms with Crippen LogP contribution in [0.5, 0.6) is 0 Å². The lowest BCUT2D eigenvalue weighted by atomic mass is 10.4. The largest absolute Gasteiger partial charge is 0.385 e. The molecule has 1 aromatic heterocycles. The Labute approximate surface area is 73.7 Å². The number of aliphatic imine (C=N–C) groups is 1. The van der Waals surface area contributed by atoms with Gasteiger partial charge in [-0.05, 0) is 28.7 Å². The monoisotopic (exact) mass is 213 g/mol. The van der Waals surface area contributed by atoms with Gasteiger partial charge in [0.25, 0.3) is 0 Å². The number of anilines is 1. The molecule has 0 atom stereocenters. The van der Waals surface area contributed by atoms with Crippen molar-refractivity contribution in [2.75, 3.05) is 12.4 Å². The molecule has 4 heteroatoms. The standard InChI is InChI=1S/C7H8BrN3/c1-9-6-3-5(8)4-11-7(6)10-2/h3-4,9H,2H2,1H3. The van der Waals surface area contributed by atoms with E-state index in [9.17, 15) is 0 Å². The van der Waals surface area contributed by atoms with Gasteiger partial charge in [-0.3, -0.25) is 0 Å². The topological polar surface area (TPSA) is 37.3 Å². The van der Waals surface area contributed by atoms with Crippen LogP contribution in [0.3, 0.4) is 0 Å². The fourth-order valence-electron chi connectivity index (χ4n) is 0.742. The summed E-state index contributed by atoms with van der Waals surface area (Å²) < 4.78 is 0.925. The van der Waals surface area contributed by atoms with E-state index < -0.39 is 0 Å². The van der Waals surface area contributed by atoms with Crippen molar-refractivity contribution in [2.24, 2.45) is 4.99 Å². The Morgan fingerprint density at radius 1 is 1.73 bits per heavy atom. The summed E-state index contributed by atoms with van der Waals surface area (Å²) in [5, 5.41) is 2.96. The molecule has 0 fully saturated rings. The van der Waals surface area contributed by atoms with Crippen molar-refractivity contribution in [2.45, 2.75) is 0 Å². The minimum absolute atomic E-state index is 0.621. The first kappa shape index (κ1) is 8.20. The highest BCUT2D eigenvalue weighted by molar-refractivity contribution is 9.10. The van der Waals surface area contributed by atoms with Crippen LogP contribution < -0.4 is 5.32 Å². The third kappa shape index (κ3) is 1.77. The van der Waals surface area contributed by atoms with Crippen LogP contribution >= 0.6 is 15.9 Å². The molecule has 3 nitrogen and oxygen atoms in total. The van der Waals surface area contributed by atoms with E-state index in [1.165, 1.54) is 0 Å². The SMILES string of the molecule is C=Nc1ncc(Br)cc1NC. The molecule has 0 bridgehead atoms. The lowest BCUT2D eigenvalue weighted by Crippen LogP contribution is -1.89. The van der Waals surface area contributed by atoms with Crippen LogP contribution in [0.25, 0.3) is 0 Å². The van der Waals surface area contributed by atoms with Crippen molar-refractivity contribution in [3.63, 3.8) is 0 Å². The van der Waals surface area contributed by atoms with Crippen LogP contribution in [-0.2, 0) is 0 Å². The van der Waals surface area contributed by atoms with Crippen LogP contribution in [0.4, 0.5) is 11.5 Å². The molecule has 58 valence electrons. The lowest BCUT2D eigenvalue weighted by molar-refractivity contribution is 1.26. The number of pyridine rings is 1. The maximum atomic E-state index is 4.03. The molecule has 1 heterocycles. The van der Waals surface area contributed by atoms with Crippen LogP contribution in [-0.4, -0.2) is 18.7 Å². The van der Waals surface area contributed by atoms with Crippen LogP contribution in [0, 0.1) is 0 Å². The number of halogens is 1. The smallest absolute Gasteiger partial charge is 0.175 e. The van der Waals surface area contributed by atoms with Crippen LogP contribution in [0.1, 0.15) is 0 Å². The second kappa shape index (κ2) is 3.48. The highest BCUT2D eigenvalue weighted by atomic mass is 79.9. The van der Waals surface area contributed by atoms with Crippen molar-refractivity contribution >= 4 is 34.2 Å². The molecule has 0 aliphatic rings. The second-order valence-electron chi connectivity index (χ2n) is 1.93. The Balaban J connectivity index is 3.16. The molecule has 1 aromatic rings. The first-order valence-electron chi connectivity index (χ1n) is 3.08. The molecular formula is C7H8BrN3. The van der Waals surface area contributed by atoms with Crippen molar-refractivity contribution in [3.8, 4) is 0 Å². The van der Waals surface area contributed by atoms with Crippen LogP contribution in [0.15, 0.2) is 21.7 Å². The molecule has 1 rings (SSSR count). The van der Waals surface area contributed by atoms with E-state index in [0.29, 0.717) is 5.82 Å². The van der Waals surface area contributed by atoms with Gasteiger partial charge < -0.3 is 5.32 Å². The zero-order valence-corrected chi connectivity index (χ0v) is 7.72. The minimum atomic E-state index is 0.621. The van der Waals surface area contributed by atoms with Gasteiger partial charge in [0.2, 0.25) is 0 Å². The quantitative estimate of drug-likeness (QED) is 0.766. The maximum absolute atomic E-state index is 4.03. The highest BCUT2D eigenvalue weighted by Crippen LogP contribution is 2.24. The van der Waals surface area contributed by atoms with Crippen molar-refractivity contribution < 1.29 is 0 Å². The van der Waals surface area contributed by atoms with E-state index in [1.807, 2.05) is 13.1 Å². The summed E-state index contributed by atoms with van der Waals surface area (Å²) in [6.07, 6.45) is 1.69. The molecule has 0 saturated carbocycles. The molecule has 0 aliphatic heterocycles. The zero-order chi connectivity index (χ0) is 8.27. The Hall–Kier alpha value is -0.900. The molecule has 1 N–H and O–H groups in total. The molecule has 0 radical (unpaired) electrons. The number of nitrogens with zero attached hydrogens (tertiary/aromatic N) is 2. The molecule has 0 unspecified atom stereocenters. The maximum Gasteiger partial charge on any atom is 0.175 e. The van der Waals surface area contributed by atoms with E-state index in [1.54, 1.807) is 6.20 Å². The van der Waals surface area contributed by atoms with Gasteiger partial charge >= 0.3 is 0 Å². The van der Waals surface area contributed by atoms with Crippen molar-refractivity contribution in [1.82, 2.24) is 4.98 Å². The van der Waals surface area contributed by atoms with Gasteiger partial charge in [-0.25, -0.2) is 9.98 Å². The summed E-state index contributed by atoms with van der Waals surface area (Å²) in [7, 11) is 1.82. The fourth-order valence-corrected chi connectivity index (χ4v) is 1.07. The molecule has 0 saturated heterocycles. The fraction of sp³-hybridized carbons (Fsp3) is 0.143. The molecule has 0 aromatic carbocycles. The van der Waals surface area contributed by atoms with E-state index in [2.05, 4.69) is 37.9 Å². The van der Waals surface area contributed by atoms with Crippen molar-refractivity contribution in [1.29, 1.82) is 0 Å². The summed E-state index contributed by atoms with van der Waals surface area (Å²) in [6.45, 7) is 3.40. The molecule has 11 heavy (non-hydrogen) atoms. The Morgan fingerprint density at radius 2 is 2.45 bits per heavy atom. The number of rotatable bonds is 2. The summed E-state index contributed by atoms with van der Waals surface area (Å²) in [5.74, 6) is 0.621. The van der Waals surface area contributed by atoms with Gasteiger partial charge in [0, 0.05) is 17.7 Å². The second-order valence-corrected chi connectivity index (χ2v) is 2.85. The van der Waals surface area contributed by atoms with Gasteiger partial charge in [-0.15, -0.1) is 0 Å². The third-order valence-electron chi connectivity index (χ3n) is 1.25. The predicted octanol–water partition coefficient (Wildman–Crippen LogP) is 2.22. The summed E-state index contributed by atoms with van der Waals surface area (Å²) in [6, 6.07) is 1.90. The lowest BCUT2D eigenvalue weighted by Gasteiger charge is -2.02. The first-order valence-corrected chi connectivity index (χ1v) is 3.87. The molecule has 0 spiro atoms. The Kier molecular flexibility index (Phi) is 2.59. The average molecular weight is 214 g/mol. The van der Waals surface area contributed by atoms with Gasteiger partial charge in [-0.2, -0.15) is 0 Å². The summed E-state index contributed by atoms with van der Waals surface area (Å²) in [5.41, 5.74) is 0.870. The molecule has 0 aliphatic carbocycles. The Bertz CT molecular complexity index is 272. The minimum Gasteiger partial charge on any atom is -0.385 e. The average Bonchev–Trinajstić information content (AvgIpc) is 2.04. The van der Waals surface area contributed by atoms with Gasteiger partial charge in [0.1, 0.15) is 0 Å². The van der Waals surface area contributed by atoms with Gasteiger partial charge in [-0.1, -0.05) is 0 Å². The Morgan fingerprint density at radius 3 is 3.00 bits per heavy atom. The first-order chi connectivity index (χ1) is 5.27. The van der Waals surface area contributed by atoms with Gasteiger partial charge in [0.05, 0.1) is 5.69 Å². The van der Waals surface area contributed by atoms with Crippen molar-refractivity contribution in [3.05, 3.63) is 16.7 Å². The zero-order valence-electron chi connectivity index (χ0n) is 6.13. The van der Waals surface area contributed by atoms with Gasteiger partial charge in [0.15, 0.2) is 5.82 Å². The number of hydrogen-bond acceptors (Lipinski definition) is 3. The molecular weight excluding hydrogens is 206 g/mol.